The third-order valence-corrected chi connectivity index (χ3v) is 7.72. The lowest BCUT2D eigenvalue weighted by Crippen LogP contribution is -2.03. The highest BCUT2D eigenvalue weighted by Gasteiger charge is 2.17. The molecule has 0 amide bonds. The third kappa shape index (κ3) is 6.87. The average Bonchev–Trinajstić information content (AvgIpc) is 2.94. The molecule has 0 nitrogen and oxygen atoms in total. The lowest BCUT2D eigenvalue weighted by Gasteiger charge is -2.20. The summed E-state index contributed by atoms with van der Waals surface area (Å²) in [7, 11) is 0. The van der Waals surface area contributed by atoms with Crippen LogP contribution in [-0.4, -0.2) is 0 Å². The molecular formula is C35H39F3. The van der Waals surface area contributed by atoms with Crippen molar-refractivity contribution in [1.29, 1.82) is 0 Å². The molecule has 200 valence electrons. The molecule has 0 aliphatic heterocycles. The monoisotopic (exact) mass is 516 g/mol. The fraction of sp³-hybridized carbons (Fsp3) is 0.371. The van der Waals surface area contributed by atoms with E-state index in [0.717, 1.165) is 55.2 Å². The summed E-state index contributed by atoms with van der Waals surface area (Å²) in [6.45, 7) is 4.22. The van der Waals surface area contributed by atoms with Crippen molar-refractivity contribution in [2.24, 2.45) is 5.92 Å². The standard InChI is InChI=1S/C35H39F3/c1-3-5-6-7-8-9-11-29-20-23-32(35(38)34(29)37)28-18-16-26(17-19-28)30-21-22-31(33(36)24-30)27-14-12-25(10-4-2)13-15-27/h4,10,14,16-25H,3,5-9,11-13,15H2,1-2H3. The van der Waals surface area contributed by atoms with Gasteiger partial charge in [0.05, 0.1) is 0 Å². The molecule has 3 aromatic carbocycles. The number of allylic oxidation sites excluding steroid dienone is 4. The Morgan fingerprint density at radius 2 is 1.45 bits per heavy atom. The fourth-order valence-corrected chi connectivity index (χ4v) is 5.44. The molecule has 1 aliphatic rings. The van der Waals surface area contributed by atoms with Crippen LogP contribution in [0.1, 0.15) is 82.8 Å². The molecule has 0 saturated carbocycles. The molecule has 0 N–H and O–H groups in total. The number of halogens is 3. The van der Waals surface area contributed by atoms with E-state index in [0.29, 0.717) is 29.0 Å². The zero-order valence-corrected chi connectivity index (χ0v) is 22.7. The summed E-state index contributed by atoms with van der Waals surface area (Å²) < 4.78 is 44.8. The molecule has 0 radical (unpaired) electrons. The van der Waals surface area contributed by atoms with E-state index in [2.05, 4.69) is 25.2 Å². The van der Waals surface area contributed by atoms with Gasteiger partial charge in [0.15, 0.2) is 11.6 Å². The van der Waals surface area contributed by atoms with Crippen molar-refractivity contribution >= 4 is 5.57 Å². The average molecular weight is 517 g/mol. The second-order valence-electron chi connectivity index (χ2n) is 10.5. The van der Waals surface area contributed by atoms with Crippen LogP contribution in [0.25, 0.3) is 27.8 Å². The van der Waals surface area contributed by atoms with E-state index >= 15 is 4.39 Å². The molecule has 1 unspecified atom stereocenters. The van der Waals surface area contributed by atoms with Crippen molar-refractivity contribution in [3.8, 4) is 22.3 Å². The van der Waals surface area contributed by atoms with Gasteiger partial charge in [0.1, 0.15) is 5.82 Å². The highest BCUT2D eigenvalue weighted by atomic mass is 19.2. The Bertz CT molecular complexity index is 1270. The summed E-state index contributed by atoms with van der Waals surface area (Å²) >= 11 is 0. The molecular weight excluding hydrogens is 477 g/mol. The zero-order chi connectivity index (χ0) is 26.9. The molecule has 3 heteroatoms. The highest BCUT2D eigenvalue weighted by Crippen LogP contribution is 2.34. The van der Waals surface area contributed by atoms with Crippen molar-refractivity contribution in [2.75, 3.05) is 0 Å². The second-order valence-corrected chi connectivity index (χ2v) is 10.5. The van der Waals surface area contributed by atoms with Gasteiger partial charge in [-0.1, -0.05) is 106 Å². The summed E-state index contributed by atoms with van der Waals surface area (Å²) in [4.78, 5) is 0. The normalized spacial score (nSPS) is 15.7. The molecule has 38 heavy (non-hydrogen) atoms. The zero-order valence-electron chi connectivity index (χ0n) is 22.7. The lowest BCUT2D eigenvalue weighted by molar-refractivity contribution is 0.497. The van der Waals surface area contributed by atoms with Gasteiger partial charge in [0.2, 0.25) is 0 Å². The lowest BCUT2D eigenvalue weighted by atomic mass is 9.86. The van der Waals surface area contributed by atoms with E-state index in [1.54, 1.807) is 30.3 Å². The first kappa shape index (κ1) is 28.0. The van der Waals surface area contributed by atoms with Crippen LogP contribution >= 0.6 is 0 Å². The maximum atomic E-state index is 15.1. The van der Waals surface area contributed by atoms with Gasteiger partial charge in [-0.3, -0.25) is 0 Å². The van der Waals surface area contributed by atoms with E-state index in [-0.39, 0.29) is 11.4 Å². The van der Waals surface area contributed by atoms with E-state index in [1.807, 2.05) is 31.2 Å². The molecule has 3 aromatic rings. The van der Waals surface area contributed by atoms with Crippen molar-refractivity contribution < 1.29 is 13.2 Å². The summed E-state index contributed by atoms with van der Waals surface area (Å²) in [6.07, 6.45) is 16.6. The smallest absolute Gasteiger partial charge is 0.166 e. The first-order valence-electron chi connectivity index (χ1n) is 14.2. The number of hydrogen-bond donors (Lipinski definition) is 0. The van der Waals surface area contributed by atoms with E-state index < -0.39 is 11.6 Å². The summed E-state index contributed by atoms with van der Waals surface area (Å²) in [6, 6.07) is 16.0. The van der Waals surface area contributed by atoms with Crippen LogP contribution in [0.15, 0.2) is 72.8 Å². The Morgan fingerprint density at radius 3 is 2.13 bits per heavy atom. The Balaban J connectivity index is 1.43. The molecule has 0 saturated heterocycles. The van der Waals surface area contributed by atoms with Crippen LogP contribution in [0.4, 0.5) is 13.2 Å². The van der Waals surface area contributed by atoms with Gasteiger partial charge in [-0.05, 0) is 78.8 Å². The van der Waals surface area contributed by atoms with Crippen LogP contribution in [-0.2, 0) is 6.42 Å². The van der Waals surface area contributed by atoms with Crippen LogP contribution in [0.5, 0.6) is 0 Å². The van der Waals surface area contributed by atoms with Crippen molar-refractivity contribution in [3.63, 3.8) is 0 Å². The fourth-order valence-electron chi connectivity index (χ4n) is 5.44. The van der Waals surface area contributed by atoms with Crippen LogP contribution < -0.4 is 0 Å². The summed E-state index contributed by atoms with van der Waals surface area (Å²) in [5.41, 5.74) is 4.65. The largest absolute Gasteiger partial charge is 0.206 e. The molecule has 0 bridgehead atoms. The van der Waals surface area contributed by atoms with Crippen molar-refractivity contribution in [2.45, 2.75) is 78.1 Å². The highest BCUT2D eigenvalue weighted by molar-refractivity contribution is 5.74. The number of aryl methyl sites for hydroxylation is 1. The second kappa shape index (κ2) is 13.6. The van der Waals surface area contributed by atoms with E-state index in [1.165, 1.54) is 19.3 Å². The molecule has 0 spiro atoms. The van der Waals surface area contributed by atoms with Gasteiger partial charge in [-0.2, -0.15) is 0 Å². The number of benzene rings is 3. The van der Waals surface area contributed by atoms with E-state index in [4.69, 9.17) is 0 Å². The van der Waals surface area contributed by atoms with Gasteiger partial charge in [-0.15, -0.1) is 0 Å². The third-order valence-electron chi connectivity index (χ3n) is 7.72. The molecule has 1 aliphatic carbocycles. The van der Waals surface area contributed by atoms with Crippen LogP contribution in [0.2, 0.25) is 0 Å². The minimum Gasteiger partial charge on any atom is -0.206 e. The van der Waals surface area contributed by atoms with Gasteiger partial charge in [-0.25, -0.2) is 13.2 Å². The predicted octanol–water partition coefficient (Wildman–Crippen LogP) is 11.1. The van der Waals surface area contributed by atoms with Gasteiger partial charge in [0.25, 0.3) is 0 Å². The minimum absolute atomic E-state index is 0.226. The van der Waals surface area contributed by atoms with Crippen LogP contribution in [0.3, 0.4) is 0 Å². The first-order chi connectivity index (χ1) is 18.5. The number of hydrogen-bond acceptors (Lipinski definition) is 0. The summed E-state index contributed by atoms with van der Waals surface area (Å²) in [5, 5.41) is 0. The van der Waals surface area contributed by atoms with Gasteiger partial charge >= 0.3 is 0 Å². The van der Waals surface area contributed by atoms with Crippen LogP contribution in [0, 0.1) is 23.4 Å². The van der Waals surface area contributed by atoms with Gasteiger partial charge in [0, 0.05) is 11.1 Å². The van der Waals surface area contributed by atoms with E-state index in [9.17, 15) is 8.78 Å². The maximum absolute atomic E-state index is 15.1. The summed E-state index contributed by atoms with van der Waals surface area (Å²) in [5.74, 6) is -1.23. The number of unbranched alkanes of at least 4 members (excludes halogenated alkanes) is 5. The maximum Gasteiger partial charge on any atom is 0.166 e. The Hall–Kier alpha value is -3.07. The Kier molecular flexibility index (Phi) is 10.0. The first-order valence-corrected chi connectivity index (χ1v) is 14.2. The van der Waals surface area contributed by atoms with Crippen molar-refractivity contribution in [1.82, 2.24) is 0 Å². The molecule has 1 atom stereocenters. The van der Waals surface area contributed by atoms with Gasteiger partial charge < -0.3 is 0 Å². The quantitative estimate of drug-likeness (QED) is 0.176. The molecule has 0 fully saturated rings. The molecule has 4 rings (SSSR count). The Morgan fingerprint density at radius 1 is 0.763 bits per heavy atom. The predicted molar refractivity (Wildman–Crippen MR) is 154 cm³/mol. The Labute approximate surface area is 226 Å². The number of rotatable bonds is 11. The minimum atomic E-state index is -0.797. The SMILES string of the molecule is CC=CC1CC=C(c2ccc(-c3ccc(-c4ccc(CCCCCCCC)c(F)c4F)cc3)cc2F)CC1. The topological polar surface area (TPSA) is 0 Å². The molecule has 0 aromatic heterocycles. The van der Waals surface area contributed by atoms with Crippen molar-refractivity contribution in [3.05, 3.63) is 101 Å². The molecule has 0 heterocycles.